The lowest BCUT2D eigenvalue weighted by molar-refractivity contribution is -0.117. The fourth-order valence-corrected chi connectivity index (χ4v) is 4.82. The second kappa shape index (κ2) is 8.83. The highest BCUT2D eigenvalue weighted by molar-refractivity contribution is 7.80. The zero-order valence-electron chi connectivity index (χ0n) is 19.4. The largest absolute Gasteiger partial charge is 0.504 e. The molecule has 1 aliphatic heterocycles. The maximum absolute atomic E-state index is 11.9. The molecule has 1 saturated heterocycles. The van der Waals surface area contributed by atoms with Crippen LogP contribution in [0.15, 0.2) is 42.7 Å². The smallest absolute Gasteiger partial charge is 0.227 e. The van der Waals surface area contributed by atoms with E-state index in [2.05, 4.69) is 35.4 Å². The Morgan fingerprint density at radius 3 is 2.33 bits per heavy atom. The Kier molecular flexibility index (Phi) is 5.48. The average molecular weight is 504 g/mol. The Balaban J connectivity index is 1.12. The van der Waals surface area contributed by atoms with E-state index >= 15 is 0 Å². The molecule has 3 heterocycles. The fourth-order valence-electron chi connectivity index (χ4n) is 4.52. The summed E-state index contributed by atoms with van der Waals surface area (Å²) in [7, 11) is 0. The number of nitrogens with one attached hydrogen (secondary N) is 3. The molecular weight excluding hydrogens is 478 g/mol. The van der Waals surface area contributed by atoms with Crippen LogP contribution in [0.1, 0.15) is 12.8 Å². The second-order valence-electron chi connectivity index (χ2n) is 9.18. The van der Waals surface area contributed by atoms with Crippen molar-refractivity contribution in [1.29, 1.82) is 0 Å². The van der Waals surface area contributed by atoms with Gasteiger partial charge < -0.3 is 35.6 Å². The predicted octanol–water partition coefficient (Wildman–Crippen LogP) is 3.39. The van der Waals surface area contributed by atoms with Crippen LogP contribution >= 0.6 is 12.2 Å². The number of phenols is 2. The number of nitrogens with zero attached hydrogens (tertiary/aromatic N) is 4. The van der Waals surface area contributed by atoms with Gasteiger partial charge in [-0.15, -0.1) is 0 Å². The molecule has 2 aromatic carbocycles. The molecule has 1 aliphatic carbocycles. The highest BCUT2D eigenvalue weighted by atomic mass is 32.1. The number of anilines is 3. The van der Waals surface area contributed by atoms with Crippen molar-refractivity contribution in [3.8, 4) is 11.5 Å². The third-order valence-corrected chi connectivity index (χ3v) is 7.04. The van der Waals surface area contributed by atoms with Crippen molar-refractivity contribution in [2.75, 3.05) is 41.7 Å². The van der Waals surface area contributed by atoms with Crippen LogP contribution in [0.25, 0.3) is 21.9 Å². The molecule has 0 radical (unpaired) electrons. The van der Waals surface area contributed by atoms with Crippen LogP contribution in [0.4, 0.5) is 17.2 Å². The van der Waals surface area contributed by atoms with Gasteiger partial charge in [0.15, 0.2) is 16.6 Å². The molecule has 2 aromatic heterocycles. The van der Waals surface area contributed by atoms with Gasteiger partial charge in [-0.1, -0.05) is 0 Å². The number of benzene rings is 2. The molecule has 5 N–H and O–H groups in total. The molecule has 36 heavy (non-hydrogen) atoms. The number of piperazine rings is 1. The van der Waals surface area contributed by atoms with Crippen molar-refractivity contribution in [3.63, 3.8) is 0 Å². The Bertz CT molecular complexity index is 1470. The molecule has 1 amide bonds. The number of rotatable bonds is 4. The first kappa shape index (κ1) is 22.4. The third-order valence-electron chi connectivity index (χ3n) is 6.68. The number of carbonyl (C=O) groups excluding carboxylic acids is 1. The normalized spacial score (nSPS) is 15.9. The van der Waals surface area contributed by atoms with Crippen LogP contribution in [0, 0.1) is 5.92 Å². The quantitative estimate of drug-likeness (QED) is 0.210. The Hall–Kier alpha value is -4.12. The minimum absolute atomic E-state index is 0.0904. The van der Waals surface area contributed by atoms with E-state index < -0.39 is 0 Å². The van der Waals surface area contributed by atoms with Crippen molar-refractivity contribution < 1.29 is 15.0 Å². The van der Waals surface area contributed by atoms with Gasteiger partial charge in [0.1, 0.15) is 17.8 Å². The molecule has 0 spiro atoms. The topological polar surface area (TPSA) is 130 Å². The first-order valence-electron chi connectivity index (χ1n) is 11.9. The molecule has 1 saturated carbocycles. The second-order valence-corrected chi connectivity index (χ2v) is 9.56. The van der Waals surface area contributed by atoms with E-state index in [0.29, 0.717) is 42.5 Å². The van der Waals surface area contributed by atoms with Gasteiger partial charge >= 0.3 is 0 Å². The van der Waals surface area contributed by atoms with E-state index in [-0.39, 0.29) is 23.3 Å². The fraction of sp³-hybridized carbons (Fsp3) is 0.280. The van der Waals surface area contributed by atoms with Crippen LogP contribution in [-0.4, -0.2) is 67.3 Å². The van der Waals surface area contributed by atoms with E-state index in [0.717, 1.165) is 40.8 Å². The first-order valence-corrected chi connectivity index (χ1v) is 12.3. The third kappa shape index (κ3) is 4.22. The number of aromatic nitrogens is 3. The molecule has 0 unspecified atom stereocenters. The molecule has 0 atom stereocenters. The van der Waals surface area contributed by atoms with Gasteiger partial charge in [0.25, 0.3) is 0 Å². The van der Waals surface area contributed by atoms with Crippen LogP contribution in [0.3, 0.4) is 0 Å². The van der Waals surface area contributed by atoms with Crippen LogP contribution < -0.4 is 15.5 Å². The summed E-state index contributed by atoms with van der Waals surface area (Å²) in [5.74, 6) is 0.670. The summed E-state index contributed by atoms with van der Waals surface area (Å²) in [4.78, 5) is 28.3. The Labute approximate surface area is 212 Å². The summed E-state index contributed by atoms with van der Waals surface area (Å²) in [6.07, 6.45) is 3.47. The van der Waals surface area contributed by atoms with Gasteiger partial charge in [-0.2, -0.15) is 0 Å². The lowest BCUT2D eigenvalue weighted by atomic mass is 10.1. The monoisotopic (exact) mass is 503 g/mol. The minimum atomic E-state index is -0.184. The number of fused-ring (bicyclic) bond motifs is 3. The summed E-state index contributed by atoms with van der Waals surface area (Å²) in [5, 5.41) is 28.3. The van der Waals surface area contributed by atoms with E-state index in [1.165, 1.54) is 18.5 Å². The summed E-state index contributed by atoms with van der Waals surface area (Å²) >= 11 is 5.65. The van der Waals surface area contributed by atoms with Crippen molar-refractivity contribution in [2.24, 2.45) is 5.92 Å². The van der Waals surface area contributed by atoms with Gasteiger partial charge in [-0.05, 0) is 55.4 Å². The van der Waals surface area contributed by atoms with E-state index in [1.54, 1.807) is 0 Å². The molecule has 2 aliphatic rings. The highest BCUT2D eigenvalue weighted by Crippen LogP contribution is 2.37. The van der Waals surface area contributed by atoms with Crippen molar-refractivity contribution >= 4 is 62.4 Å². The zero-order chi connectivity index (χ0) is 24.8. The molecule has 184 valence electrons. The van der Waals surface area contributed by atoms with Crippen LogP contribution in [-0.2, 0) is 4.79 Å². The minimum Gasteiger partial charge on any atom is -0.504 e. The number of hydrogen-bond acceptors (Lipinski definition) is 7. The van der Waals surface area contributed by atoms with Crippen molar-refractivity contribution in [1.82, 2.24) is 19.9 Å². The van der Waals surface area contributed by atoms with Gasteiger partial charge in [0, 0.05) is 54.9 Å². The molecule has 0 bridgehead atoms. The highest BCUT2D eigenvalue weighted by Gasteiger charge is 2.29. The van der Waals surface area contributed by atoms with Crippen molar-refractivity contribution in [2.45, 2.75) is 12.8 Å². The number of carbonyl (C=O) groups is 1. The molecule has 2 fully saturated rings. The number of aromatic hydroxyl groups is 2. The van der Waals surface area contributed by atoms with E-state index in [1.807, 2.05) is 24.3 Å². The standard InChI is InChI=1S/C25H25N7O3S/c33-19-11-17-18(12-20(19)34)30-22-21(17)23(27-13-26-22)31-7-9-32(10-8-31)25(36)29-16-5-3-15(4-6-16)28-24(35)14-1-2-14/h3-6,11-14,33-34H,1-2,7-10H2,(H,28,35)(H,29,36)(H,26,27,30). The number of amides is 1. The van der Waals surface area contributed by atoms with E-state index in [9.17, 15) is 15.0 Å². The SMILES string of the molecule is O=C(Nc1ccc(NC(=S)N2CCN(c3ncnc4[nH]c5cc(O)c(O)cc5c34)CC2)cc1)C1CC1. The maximum atomic E-state index is 11.9. The molecule has 4 aromatic rings. The lowest BCUT2D eigenvalue weighted by Crippen LogP contribution is -2.50. The summed E-state index contributed by atoms with van der Waals surface area (Å²) < 4.78 is 0. The first-order chi connectivity index (χ1) is 17.5. The van der Waals surface area contributed by atoms with Crippen molar-refractivity contribution in [3.05, 3.63) is 42.7 Å². The number of phenolic OH excluding ortho intramolecular Hbond substituents is 2. The average Bonchev–Trinajstić information content (AvgIpc) is 3.68. The van der Waals surface area contributed by atoms with Gasteiger partial charge in [-0.3, -0.25) is 4.79 Å². The number of aromatic amines is 1. The molecule has 11 heteroatoms. The summed E-state index contributed by atoms with van der Waals surface area (Å²) in [6, 6.07) is 10.6. The summed E-state index contributed by atoms with van der Waals surface area (Å²) in [5.41, 5.74) is 2.99. The van der Waals surface area contributed by atoms with Crippen LogP contribution in [0.5, 0.6) is 11.5 Å². The number of H-pyrrole nitrogens is 1. The molecular formula is C25H25N7O3S. The Morgan fingerprint density at radius 2 is 1.64 bits per heavy atom. The van der Waals surface area contributed by atoms with Crippen LogP contribution in [0.2, 0.25) is 0 Å². The lowest BCUT2D eigenvalue weighted by Gasteiger charge is -2.37. The maximum Gasteiger partial charge on any atom is 0.227 e. The van der Waals surface area contributed by atoms with E-state index in [4.69, 9.17) is 12.2 Å². The zero-order valence-corrected chi connectivity index (χ0v) is 20.2. The Morgan fingerprint density at radius 1 is 0.972 bits per heavy atom. The summed E-state index contributed by atoms with van der Waals surface area (Å²) in [6.45, 7) is 2.83. The van der Waals surface area contributed by atoms with Gasteiger partial charge in [0.2, 0.25) is 5.91 Å². The molecule has 10 nitrogen and oxygen atoms in total. The van der Waals surface area contributed by atoms with Gasteiger partial charge in [0.05, 0.1) is 10.9 Å². The molecule has 6 rings (SSSR count). The number of thiocarbonyl (C=S) groups is 1. The van der Waals surface area contributed by atoms with Gasteiger partial charge in [-0.25, -0.2) is 9.97 Å². The predicted molar refractivity (Wildman–Crippen MR) is 143 cm³/mol. The number of hydrogen-bond donors (Lipinski definition) is 5.